The van der Waals surface area contributed by atoms with Gasteiger partial charge in [0, 0.05) is 17.5 Å². The first-order chi connectivity index (χ1) is 9.42. The zero-order valence-corrected chi connectivity index (χ0v) is 14.9. The van der Waals surface area contributed by atoms with Gasteiger partial charge in [0.15, 0.2) is 0 Å². The average Bonchev–Trinajstić information content (AvgIpc) is 2.74. The molecule has 0 saturated carbocycles. The van der Waals surface area contributed by atoms with Crippen molar-refractivity contribution >= 4 is 37.3 Å². The number of thiophene rings is 1. The van der Waals surface area contributed by atoms with Crippen LogP contribution in [0.25, 0.3) is 0 Å². The predicted molar refractivity (Wildman–Crippen MR) is 85.6 cm³/mol. The van der Waals surface area contributed by atoms with Crippen LogP contribution in [0.4, 0.5) is 0 Å². The van der Waals surface area contributed by atoms with E-state index >= 15 is 0 Å². The molecule has 2 heterocycles. The van der Waals surface area contributed by atoms with E-state index in [-0.39, 0.29) is 6.04 Å². The van der Waals surface area contributed by atoms with Crippen molar-refractivity contribution in [2.75, 3.05) is 27.2 Å². The highest BCUT2D eigenvalue weighted by Gasteiger charge is 2.26. The summed E-state index contributed by atoms with van der Waals surface area (Å²) in [6.45, 7) is 2.54. The first-order valence-corrected chi connectivity index (χ1v) is 9.65. The van der Waals surface area contributed by atoms with E-state index in [2.05, 4.69) is 37.9 Å². The fourth-order valence-electron chi connectivity index (χ4n) is 2.25. The molecule has 0 unspecified atom stereocenters. The fourth-order valence-corrected chi connectivity index (χ4v) is 6.25. The van der Waals surface area contributed by atoms with E-state index in [4.69, 9.17) is 0 Å². The average molecular weight is 382 g/mol. The van der Waals surface area contributed by atoms with Crippen molar-refractivity contribution in [2.45, 2.75) is 30.3 Å². The van der Waals surface area contributed by atoms with Crippen molar-refractivity contribution in [1.29, 1.82) is 0 Å². The fraction of sp³-hybridized carbons (Fsp3) is 0.667. The minimum Gasteiger partial charge on any atom is -0.315 e. The van der Waals surface area contributed by atoms with Gasteiger partial charge in [-0.1, -0.05) is 0 Å². The van der Waals surface area contributed by atoms with Crippen molar-refractivity contribution < 1.29 is 8.42 Å². The maximum atomic E-state index is 12.5. The van der Waals surface area contributed by atoms with Crippen LogP contribution >= 0.6 is 27.3 Å². The van der Waals surface area contributed by atoms with Crippen molar-refractivity contribution in [3.8, 4) is 0 Å². The van der Waals surface area contributed by atoms with Gasteiger partial charge in [-0.25, -0.2) is 13.1 Å². The van der Waals surface area contributed by atoms with Crippen LogP contribution < -0.4 is 10.0 Å². The summed E-state index contributed by atoms with van der Waals surface area (Å²) in [6, 6.07) is 1.78. The summed E-state index contributed by atoms with van der Waals surface area (Å²) in [7, 11) is 0.467. The summed E-state index contributed by atoms with van der Waals surface area (Å²) in [5, 5.41) is 3.03. The largest absolute Gasteiger partial charge is 0.315 e. The Bertz CT molecular complexity index is 551. The molecule has 8 heteroatoms. The summed E-state index contributed by atoms with van der Waals surface area (Å²) in [6.07, 6.45) is 1.72. The third-order valence-corrected chi connectivity index (χ3v) is 7.16. The Morgan fingerprint density at radius 3 is 2.70 bits per heavy atom. The number of hydrogen-bond donors (Lipinski definition) is 2. The Kier molecular flexibility index (Phi) is 5.61. The summed E-state index contributed by atoms with van der Waals surface area (Å²) in [5.74, 6) is 0. The SMILES string of the molecule is CNCc1cc(S(=O)(=O)NC2CCN(C)CC2)c(Br)s1. The first-order valence-electron chi connectivity index (χ1n) is 6.56. The summed E-state index contributed by atoms with van der Waals surface area (Å²) >= 11 is 4.82. The number of nitrogens with zero attached hydrogens (tertiary/aromatic N) is 1. The highest BCUT2D eigenvalue weighted by atomic mass is 79.9. The number of halogens is 1. The van der Waals surface area contributed by atoms with E-state index in [1.807, 2.05) is 7.05 Å². The van der Waals surface area contributed by atoms with E-state index in [0.717, 1.165) is 30.8 Å². The highest BCUT2D eigenvalue weighted by Crippen LogP contribution is 2.32. The normalized spacial score (nSPS) is 18.6. The van der Waals surface area contributed by atoms with E-state index in [0.29, 0.717) is 15.2 Å². The molecule has 1 aromatic heterocycles. The van der Waals surface area contributed by atoms with Crippen LogP contribution in [0, 0.1) is 0 Å². The maximum Gasteiger partial charge on any atom is 0.242 e. The number of hydrogen-bond acceptors (Lipinski definition) is 5. The van der Waals surface area contributed by atoms with Crippen molar-refractivity contribution in [2.24, 2.45) is 0 Å². The summed E-state index contributed by atoms with van der Waals surface area (Å²) in [5.41, 5.74) is 0. The third kappa shape index (κ3) is 4.02. The lowest BCUT2D eigenvalue weighted by Gasteiger charge is -2.29. The predicted octanol–water partition coefficient (Wildman–Crippen LogP) is 1.60. The molecule has 1 aliphatic heterocycles. The molecule has 0 radical (unpaired) electrons. The Balaban J connectivity index is 2.10. The Labute approximate surface area is 132 Å². The quantitative estimate of drug-likeness (QED) is 0.812. The molecule has 0 atom stereocenters. The van der Waals surface area contributed by atoms with Crippen LogP contribution in [-0.2, 0) is 16.6 Å². The second kappa shape index (κ2) is 6.85. The zero-order valence-electron chi connectivity index (χ0n) is 11.6. The van der Waals surface area contributed by atoms with Gasteiger partial charge in [-0.3, -0.25) is 0 Å². The molecule has 5 nitrogen and oxygen atoms in total. The topological polar surface area (TPSA) is 61.4 Å². The van der Waals surface area contributed by atoms with Gasteiger partial charge in [-0.15, -0.1) is 11.3 Å². The molecule has 0 amide bonds. The van der Waals surface area contributed by atoms with E-state index < -0.39 is 10.0 Å². The summed E-state index contributed by atoms with van der Waals surface area (Å²) in [4.78, 5) is 3.57. The molecule has 0 aromatic carbocycles. The lowest BCUT2D eigenvalue weighted by atomic mass is 10.1. The summed E-state index contributed by atoms with van der Waals surface area (Å²) < 4.78 is 28.4. The molecule has 0 aliphatic carbocycles. The van der Waals surface area contributed by atoms with Crippen LogP contribution in [-0.4, -0.2) is 46.5 Å². The van der Waals surface area contributed by atoms with Gasteiger partial charge < -0.3 is 10.2 Å². The lowest BCUT2D eigenvalue weighted by Crippen LogP contribution is -2.43. The number of rotatable bonds is 5. The standard InChI is InChI=1S/C12H20BrN3O2S2/c1-14-8-10-7-11(12(13)19-10)20(17,18)15-9-3-5-16(2)6-4-9/h7,9,14-15H,3-6,8H2,1-2H3. The van der Waals surface area contributed by atoms with Gasteiger partial charge in [0.2, 0.25) is 10.0 Å². The second-order valence-corrected chi connectivity index (χ2v) is 9.22. The van der Waals surface area contributed by atoms with Gasteiger partial charge in [0.05, 0.1) is 3.79 Å². The molecule has 1 fully saturated rings. The van der Waals surface area contributed by atoms with Crippen LogP contribution in [0.3, 0.4) is 0 Å². The van der Waals surface area contributed by atoms with Crippen molar-refractivity contribution in [3.63, 3.8) is 0 Å². The molecule has 0 spiro atoms. The monoisotopic (exact) mass is 381 g/mol. The molecule has 20 heavy (non-hydrogen) atoms. The van der Waals surface area contributed by atoms with Gasteiger partial charge in [-0.05, 0) is 62.0 Å². The molecule has 114 valence electrons. The minimum atomic E-state index is -3.44. The van der Waals surface area contributed by atoms with E-state index in [1.54, 1.807) is 6.07 Å². The van der Waals surface area contributed by atoms with Crippen LogP contribution in [0.5, 0.6) is 0 Å². The van der Waals surface area contributed by atoms with Crippen LogP contribution in [0.2, 0.25) is 0 Å². The molecule has 1 aliphatic rings. The maximum absolute atomic E-state index is 12.5. The number of piperidine rings is 1. The van der Waals surface area contributed by atoms with Crippen LogP contribution in [0.15, 0.2) is 14.7 Å². The van der Waals surface area contributed by atoms with E-state index in [1.165, 1.54) is 11.3 Å². The Hall–Kier alpha value is 0.01000. The van der Waals surface area contributed by atoms with Gasteiger partial charge in [0.1, 0.15) is 4.90 Å². The smallest absolute Gasteiger partial charge is 0.242 e. The number of nitrogens with one attached hydrogen (secondary N) is 2. The Morgan fingerprint density at radius 1 is 1.45 bits per heavy atom. The lowest BCUT2D eigenvalue weighted by molar-refractivity contribution is 0.248. The minimum absolute atomic E-state index is 0.0377. The molecule has 0 bridgehead atoms. The molecular formula is C12H20BrN3O2S2. The molecule has 2 N–H and O–H groups in total. The molecule has 1 aromatic rings. The van der Waals surface area contributed by atoms with Gasteiger partial charge in [0.25, 0.3) is 0 Å². The van der Waals surface area contributed by atoms with Gasteiger partial charge in [-0.2, -0.15) is 0 Å². The second-order valence-electron chi connectivity index (χ2n) is 5.08. The molecular weight excluding hydrogens is 362 g/mol. The molecule has 1 saturated heterocycles. The van der Waals surface area contributed by atoms with E-state index in [9.17, 15) is 8.42 Å². The van der Waals surface area contributed by atoms with Crippen molar-refractivity contribution in [1.82, 2.24) is 14.9 Å². The van der Waals surface area contributed by atoms with Crippen molar-refractivity contribution in [3.05, 3.63) is 14.7 Å². The first kappa shape index (κ1) is 16.4. The third-order valence-electron chi connectivity index (χ3n) is 3.39. The van der Waals surface area contributed by atoms with Crippen LogP contribution in [0.1, 0.15) is 17.7 Å². The van der Waals surface area contributed by atoms with Gasteiger partial charge >= 0.3 is 0 Å². The Morgan fingerprint density at radius 2 is 2.10 bits per heavy atom. The number of likely N-dealkylation sites (tertiary alicyclic amines) is 1. The number of sulfonamides is 1. The molecule has 2 rings (SSSR count). The highest BCUT2D eigenvalue weighted by molar-refractivity contribution is 9.11. The zero-order chi connectivity index (χ0) is 14.8.